The highest BCUT2D eigenvalue weighted by Crippen LogP contribution is 2.26. The number of carbonyl (C=O) groups excluding carboxylic acids is 1. The number of ether oxygens (including phenoxy) is 1. The van der Waals surface area contributed by atoms with Crippen LogP contribution in [0.1, 0.15) is 0 Å². The zero-order valence-corrected chi connectivity index (χ0v) is 15.8. The predicted octanol–water partition coefficient (Wildman–Crippen LogP) is 3.85. The minimum Gasteiger partial charge on any atom is -0.497 e. The highest BCUT2D eigenvalue weighted by atomic mass is 32.2. The van der Waals surface area contributed by atoms with E-state index in [9.17, 15) is 14.9 Å². The first-order valence-corrected chi connectivity index (χ1v) is 9.46. The van der Waals surface area contributed by atoms with Gasteiger partial charge in [-0.3, -0.25) is 14.9 Å². The van der Waals surface area contributed by atoms with E-state index in [2.05, 4.69) is 14.7 Å². The van der Waals surface area contributed by atoms with Crippen molar-refractivity contribution in [2.75, 3.05) is 18.2 Å². The van der Waals surface area contributed by atoms with E-state index in [1.54, 1.807) is 7.11 Å². The van der Waals surface area contributed by atoms with Crippen LogP contribution < -0.4 is 10.1 Å². The Balaban J connectivity index is 1.54. The zero-order valence-electron chi connectivity index (χ0n) is 14.1. The molecule has 1 aromatic heterocycles. The van der Waals surface area contributed by atoms with Gasteiger partial charge >= 0.3 is 0 Å². The minimum absolute atomic E-state index is 0.0257. The van der Waals surface area contributed by atoms with E-state index in [4.69, 9.17) is 4.74 Å². The molecule has 0 aliphatic heterocycles. The monoisotopic (exact) mass is 402 g/mol. The molecule has 0 saturated carbocycles. The van der Waals surface area contributed by atoms with Crippen LogP contribution in [-0.2, 0) is 4.79 Å². The molecule has 0 spiro atoms. The quantitative estimate of drug-likeness (QED) is 0.363. The largest absolute Gasteiger partial charge is 0.497 e. The van der Waals surface area contributed by atoms with Crippen molar-refractivity contribution >= 4 is 40.6 Å². The van der Waals surface area contributed by atoms with E-state index in [0.29, 0.717) is 15.9 Å². The number of aromatic nitrogens is 2. The van der Waals surface area contributed by atoms with Crippen LogP contribution in [0.15, 0.2) is 52.9 Å². The van der Waals surface area contributed by atoms with Crippen LogP contribution in [0, 0.1) is 10.1 Å². The SMILES string of the molecule is COc1ccc(-c2nsc(SCC(=O)Nc3ccc([N+](=O)[O-])cc3)n2)cc1. The molecule has 1 N–H and O–H groups in total. The van der Waals surface area contributed by atoms with Gasteiger partial charge in [0.1, 0.15) is 5.75 Å². The van der Waals surface area contributed by atoms with Gasteiger partial charge in [-0.25, -0.2) is 4.98 Å². The molecular formula is C17H14N4O4S2. The lowest BCUT2D eigenvalue weighted by Crippen LogP contribution is -2.13. The number of benzene rings is 2. The molecular weight excluding hydrogens is 388 g/mol. The summed E-state index contributed by atoms with van der Waals surface area (Å²) in [5.74, 6) is 1.29. The van der Waals surface area contributed by atoms with Gasteiger partial charge in [0.15, 0.2) is 10.2 Å². The maximum Gasteiger partial charge on any atom is 0.269 e. The van der Waals surface area contributed by atoms with E-state index in [1.807, 2.05) is 24.3 Å². The molecule has 1 amide bonds. The Labute approximate surface area is 162 Å². The van der Waals surface area contributed by atoms with Crippen molar-refractivity contribution in [3.05, 3.63) is 58.6 Å². The van der Waals surface area contributed by atoms with Gasteiger partial charge in [0.25, 0.3) is 5.69 Å². The fourth-order valence-electron chi connectivity index (χ4n) is 2.12. The number of nitrogens with one attached hydrogen (secondary N) is 1. The Hall–Kier alpha value is -2.98. The third kappa shape index (κ3) is 5.02. The van der Waals surface area contributed by atoms with E-state index in [1.165, 1.54) is 47.6 Å². The summed E-state index contributed by atoms with van der Waals surface area (Å²) in [6, 6.07) is 13.1. The molecule has 0 fully saturated rings. The average Bonchev–Trinajstić information content (AvgIpc) is 3.16. The molecule has 0 radical (unpaired) electrons. The standard InChI is InChI=1S/C17H14N4O4S2/c1-25-14-8-2-11(3-9-14)16-19-17(27-20-16)26-10-15(22)18-12-4-6-13(7-5-12)21(23)24/h2-9H,10H2,1H3,(H,18,22). The van der Waals surface area contributed by atoms with Gasteiger partial charge < -0.3 is 10.1 Å². The van der Waals surface area contributed by atoms with E-state index in [0.717, 1.165) is 11.3 Å². The summed E-state index contributed by atoms with van der Waals surface area (Å²) in [4.78, 5) is 26.6. The molecule has 27 heavy (non-hydrogen) atoms. The molecule has 0 aliphatic rings. The van der Waals surface area contributed by atoms with Crippen LogP contribution >= 0.6 is 23.3 Å². The van der Waals surface area contributed by atoms with Gasteiger partial charge in [0.2, 0.25) is 5.91 Å². The minimum atomic E-state index is -0.489. The zero-order chi connectivity index (χ0) is 19.2. The lowest BCUT2D eigenvalue weighted by molar-refractivity contribution is -0.384. The number of nitro benzene ring substituents is 1. The number of hydrogen-bond acceptors (Lipinski definition) is 8. The Bertz CT molecular complexity index is 942. The van der Waals surface area contributed by atoms with Crippen LogP contribution in [-0.4, -0.2) is 33.1 Å². The molecule has 0 aliphatic carbocycles. The van der Waals surface area contributed by atoms with Crippen LogP contribution in [0.4, 0.5) is 11.4 Å². The molecule has 2 aromatic carbocycles. The molecule has 0 bridgehead atoms. The topological polar surface area (TPSA) is 107 Å². The normalized spacial score (nSPS) is 10.4. The first-order valence-electron chi connectivity index (χ1n) is 7.70. The van der Waals surface area contributed by atoms with Crippen molar-refractivity contribution in [3.8, 4) is 17.1 Å². The predicted molar refractivity (Wildman–Crippen MR) is 104 cm³/mol. The molecule has 138 valence electrons. The fraction of sp³-hybridized carbons (Fsp3) is 0.118. The van der Waals surface area contributed by atoms with Crippen molar-refractivity contribution in [1.29, 1.82) is 0 Å². The second kappa shape index (κ2) is 8.60. The van der Waals surface area contributed by atoms with Gasteiger partial charge in [-0.15, -0.1) is 0 Å². The molecule has 1 heterocycles. The number of nitrogens with zero attached hydrogens (tertiary/aromatic N) is 3. The van der Waals surface area contributed by atoms with Gasteiger partial charge in [-0.2, -0.15) is 4.37 Å². The summed E-state index contributed by atoms with van der Waals surface area (Å²) in [5.41, 5.74) is 1.35. The molecule has 10 heteroatoms. The number of methoxy groups -OCH3 is 1. The Morgan fingerprint density at radius 1 is 1.22 bits per heavy atom. The molecule has 3 rings (SSSR count). The van der Waals surface area contributed by atoms with Crippen molar-refractivity contribution in [2.24, 2.45) is 0 Å². The summed E-state index contributed by atoms with van der Waals surface area (Å²) < 4.78 is 10.1. The van der Waals surface area contributed by atoms with Gasteiger partial charge in [0, 0.05) is 23.4 Å². The maximum atomic E-state index is 12.0. The maximum absolute atomic E-state index is 12.0. The first-order chi connectivity index (χ1) is 13.0. The van der Waals surface area contributed by atoms with E-state index in [-0.39, 0.29) is 17.3 Å². The highest BCUT2D eigenvalue weighted by molar-refractivity contribution is 8.01. The molecule has 0 unspecified atom stereocenters. The number of anilines is 1. The highest BCUT2D eigenvalue weighted by Gasteiger charge is 2.11. The van der Waals surface area contributed by atoms with Crippen LogP contribution in [0.3, 0.4) is 0 Å². The van der Waals surface area contributed by atoms with Crippen molar-refractivity contribution in [1.82, 2.24) is 9.36 Å². The van der Waals surface area contributed by atoms with Crippen LogP contribution in [0.2, 0.25) is 0 Å². The second-order valence-corrected chi connectivity index (χ2v) is 7.23. The molecule has 8 nitrogen and oxygen atoms in total. The lowest BCUT2D eigenvalue weighted by Gasteiger charge is -2.03. The molecule has 0 atom stereocenters. The third-order valence-corrected chi connectivity index (χ3v) is 5.28. The number of rotatable bonds is 7. The number of carbonyl (C=O) groups is 1. The van der Waals surface area contributed by atoms with E-state index < -0.39 is 4.92 Å². The number of thioether (sulfide) groups is 1. The summed E-state index contributed by atoms with van der Waals surface area (Å²) in [6.45, 7) is 0. The Morgan fingerprint density at radius 2 is 1.93 bits per heavy atom. The Morgan fingerprint density at radius 3 is 2.56 bits per heavy atom. The summed E-state index contributed by atoms with van der Waals surface area (Å²) in [7, 11) is 1.60. The third-order valence-electron chi connectivity index (χ3n) is 3.44. The van der Waals surface area contributed by atoms with Crippen LogP contribution in [0.5, 0.6) is 5.75 Å². The summed E-state index contributed by atoms with van der Waals surface area (Å²) in [5, 5.41) is 13.3. The summed E-state index contributed by atoms with van der Waals surface area (Å²) >= 11 is 2.50. The molecule has 0 saturated heterocycles. The number of amides is 1. The number of non-ortho nitro benzene ring substituents is 1. The smallest absolute Gasteiger partial charge is 0.269 e. The van der Waals surface area contributed by atoms with E-state index >= 15 is 0 Å². The second-order valence-electron chi connectivity index (χ2n) is 5.25. The fourth-order valence-corrected chi connectivity index (χ4v) is 3.53. The van der Waals surface area contributed by atoms with Gasteiger partial charge in [-0.1, -0.05) is 11.8 Å². The molecule has 3 aromatic rings. The number of hydrogen-bond donors (Lipinski definition) is 1. The van der Waals surface area contributed by atoms with Crippen molar-refractivity contribution in [2.45, 2.75) is 4.34 Å². The van der Waals surface area contributed by atoms with Crippen LogP contribution in [0.25, 0.3) is 11.4 Å². The average molecular weight is 402 g/mol. The summed E-state index contributed by atoms with van der Waals surface area (Å²) in [6.07, 6.45) is 0. The number of nitro groups is 1. The van der Waals surface area contributed by atoms with Gasteiger partial charge in [0.05, 0.1) is 17.8 Å². The Kier molecular flexibility index (Phi) is 5.99. The first kappa shape index (κ1) is 18.8. The van der Waals surface area contributed by atoms with Crippen molar-refractivity contribution in [3.63, 3.8) is 0 Å². The lowest BCUT2D eigenvalue weighted by atomic mass is 10.2. The van der Waals surface area contributed by atoms with Gasteiger partial charge in [-0.05, 0) is 47.9 Å². The van der Waals surface area contributed by atoms with Crippen molar-refractivity contribution < 1.29 is 14.5 Å².